The molecule has 0 unspecified atom stereocenters. The van der Waals surface area contributed by atoms with Crippen LogP contribution in [-0.2, 0) is 4.79 Å². The molecule has 1 heterocycles. The van der Waals surface area contributed by atoms with Crippen molar-refractivity contribution in [3.63, 3.8) is 0 Å². The van der Waals surface area contributed by atoms with Crippen LogP contribution in [0.3, 0.4) is 0 Å². The van der Waals surface area contributed by atoms with Crippen LogP contribution in [0.2, 0.25) is 0 Å². The zero-order valence-electron chi connectivity index (χ0n) is 12.4. The van der Waals surface area contributed by atoms with Gasteiger partial charge in [-0.05, 0) is 18.2 Å². The summed E-state index contributed by atoms with van der Waals surface area (Å²) in [5.74, 6) is -2.96. The van der Waals surface area contributed by atoms with E-state index in [1.807, 2.05) is 10.9 Å². The van der Waals surface area contributed by atoms with Crippen LogP contribution >= 0.6 is 0 Å². The van der Waals surface area contributed by atoms with Crippen molar-refractivity contribution in [3.05, 3.63) is 59.1 Å². The van der Waals surface area contributed by atoms with Gasteiger partial charge in [-0.25, -0.2) is 4.39 Å². The molecule has 2 N–H and O–H groups in total. The minimum atomic E-state index is -4.73. The van der Waals surface area contributed by atoms with Crippen molar-refractivity contribution in [2.75, 3.05) is 13.6 Å². The van der Waals surface area contributed by atoms with Crippen LogP contribution in [0, 0.1) is 5.82 Å². The average molecular weight is 343 g/mol. The lowest BCUT2D eigenvalue weighted by atomic mass is 10.1. The molecule has 0 aliphatic carbocycles. The minimum Gasteiger partial charge on any atom is -0.366 e. The Kier molecular flexibility index (Phi) is 4.91. The number of amides is 2. The van der Waals surface area contributed by atoms with E-state index in [-0.39, 0.29) is 12.1 Å². The first-order chi connectivity index (χ1) is 11.2. The van der Waals surface area contributed by atoms with Gasteiger partial charge in [0, 0.05) is 13.6 Å². The fraction of sp³-hybridized carbons (Fsp3) is 0.200. The number of hydrogen-bond acceptors (Lipinski definition) is 3. The smallest absolute Gasteiger partial charge is 0.366 e. The lowest BCUT2D eigenvalue weighted by molar-refractivity contribution is -0.121. The molecule has 0 aromatic heterocycles. The fourth-order valence-corrected chi connectivity index (χ4v) is 2.11. The van der Waals surface area contributed by atoms with E-state index in [9.17, 15) is 27.2 Å². The Hall–Kier alpha value is -2.84. The van der Waals surface area contributed by atoms with Gasteiger partial charge in [-0.3, -0.25) is 20.4 Å². The summed E-state index contributed by atoms with van der Waals surface area (Å²) >= 11 is 0. The Morgan fingerprint density at radius 3 is 2.38 bits per heavy atom. The molecule has 2 rings (SSSR count). The molecular weight excluding hydrogens is 330 g/mol. The van der Waals surface area contributed by atoms with Gasteiger partial charge >= 0.3 is 6.18 Å². The number of nitrogens with one attached hydrogen (secondary N) is 2. The second kappa shape index (κ2) is 6.73. The molecule has 1 aliphatic rings. The molecule has 0 saturated heterocycles. The molecule has 0 saturated carbocycles. The summed E-state index contributed by atoms with van der Waals surface area (Å²) in [7, 11) is 1.31. The summed E-state index contributed by atoms with van der Waals surface area (Å²) in [5.41, 5.74) is 1.65. The zero-order chi connectivity index (χ0) is 17.9. The number of rotatable bonds is 2. The summed E-state index contributed by atoms with van der Waals surface area (Å²) < 4.78 is 52.4. The standard InChI is InChI=1S/C15H13F4N3O2/c1-22-8-4-6-10(15(17,18)19)12(22)14(24)21-20-13(23)9-5-2-3-7-11(9)16/h2-7H,8H2,1H3,(H,20,23)(H,21,24). The van der Waals surface area contributed by atoms with Crippen molar-refractivity contribution in [3.8, 4) is 0 Å². The van der Waals surface area contributed by atoms with Crippen molar-refractivity contribution < 1.29 is 27.2 Å². The van der Waals surface area contributed by atoms with Crippen LogP contribution in [-0.4, -0.2) is 36.5 Å². The summed E-state index contributed by atoms with van der Waals surface area (Å²) in [4.78, 5) is 24.9. The van der Waals surface area contributed by atoms with E-state index in [2.05, 4.69) is 0 Å². The van der Waals surface area contributed by atoms with E-state index < -0.39 is 35.1 Å². The number of hydrogen-bond donors (Lipinski definition) is 2. The van der Waals surface area contributed by atoms with E-state index in [4.69, 9.17) is 0 Å². The number of benzene rings is 1. The van der Waals surface area contributed by atoms with Crippen molar-refractivity contribution >= 4 is 11.8 Å². The SMILES string of the molecule is CN1CC=CC(C(F)(F)F)=C1C(=O)NNC(=O)c1ccccc1F. The van der Waals surface area contributed by atoms with Crippen molar-refractivity contribution in [1.29, 1.82) is 0 Å². The van der Waals surface area contributed by atoms with Gasteiger partial charge in [-0.15, -0.1) is 0 Å². The predicted octanol–water partition coefficient (Wildman–Crippen LogP) is 1.90. The Balaban J connectivity index is 2.16. The molecule has 1 aromatic carbocycles. The van der Waals surface area contributed by atoms with Gasteiger partial charge in [0.2, 0.25) is 0 Å². The largest absolute Gasteiger partial charge is 0.418 e. The van der Waals surface area contributed by atoms with E-state index in [0.717, 1.165) is 17.0 Å². The highest BCUT2D eigenvalue weighted by Gasteiger charge is 2.39. The lowest BCUT2D eigenvalue weighted by Gasteiger charge is -2.27. The molecule has 24 heavy (non-hydrogen) atoms. The van der Waals surface area contributed by atoms with Crippen LogP contribution in [0.15, 0.2) is 47.7 Å². The molecule has 9 heteroatoms. The first-order valence-corrected chi connectivity index (χ1v) is 6.76. The normalized spacial score (nSPS) is 14.6. The summed E-state index contributed by atoms with van der Waals surface area (Å²) in [5, 5.41) is 0. The molecule has 2 amide bonds. The first kappa shape index (κ1) is 17.5. The molecular formula is C15H13F4N3O2. The Labute approximate surface area is 134 Å². The number of carbonyl (C=O) groups excluding carboxylic acids is 2. The molecule has 1 aromatic rings. The van der Waals surface area contributed by atoms with Crippen LogP contribution in [0.4, 0.5) is 17.6 Å². The molecule has 1 aliphatic heterocycles. The van der Waals surface area contributed by atoms with Crippen molar-refractivity contribution in [2.24, 2.45) is 0 Å². The summed E-state index contributed by atoms with van der Waals surface area (Å²) in [6, 6.07) is 4.99. The Bertz CT molecular complexity index is 726. The number of nitrogens with zero attached hydrogens (tertiary/aromatic N) is 1. The molecule has 0 radical (unpaired) electrons. The average Bonchev–Trinajstić information content (AvgIpc) is 2.51. The Morgan fingerprint density at radius 2 is 1.75 bits per heavy atom. The van der Waals surface area contributed by atoms with Crippen LogP contribution in [0.5, 0.6) is 0 Å². The second-order valence-corrected chi connectivity index (χ2v) is 4.93. The minimum absolute atomic E-state index is 0.101. The van der Waals surface area contributed by atoms with Crippen LogP contribution in [0.1, 0.15) is 10.4 Å². The van der Waals surface area contributed by atoms with Gasteiger partial charge in [0.25, 0.3) is 11.8 Å². The zero-order valence-corrected chi connectivity index (χ0v) is 12.4. The van der Waals surface area contributed by atoms with Gasteiger partial charge in [-0.2, -0.15) is 13.2 Å². The lowest BCUT2D eigenvalue weighted by Crippen LogP contribution is -2.46. The number of likely N-dealkylation sites (N-methyl/N-ethyl adjacent to an activating group) is 1. The molecule has 0 atom stereocenters. The number of allylic oxidation sites excluding steroid dienone is 2. The van der Waals surface area contributed by atoms with Gasteiger partial charge in [0.05, 0.1) is 11.1 Å². The highest BCUT2D eigenvalue weighted by Crippen LogP contribution is 2.32. The fourth-order valence-electron chi connectivity index (χ4n) is 2.11. The quantitative estimate of drug-likeness (QED) is 0.637. The van der Waals surface area contributed by atoms with Crippen molar-refractivity contribution in [2.45, 2.75) is 6.18 Å². The Morgan fingerprint density at radius 1 is 1.12 bits per heavy atom. The van der Waals surface area contributed by atoms with E-state index in [0.29, 0.717) is 0 Å². The van der Waals surface area contributed by atoms with Gasteiger partial charge < -0.3 is 4.90 Å². The van der Waals surface area contributed by atoms with E-state index in [1.54, 1.807) is 0 Å². The summed E-state index contributed by atoms with van der Waals surface area (Å²) in [6.45, 7) is 0.101. The molecule has 128 valence electrons. The highest BCUT2D eigenvalue weighted by molar-refractivity contribution is 5.99. The van der Waals surface area contributed by atoms with Gasteiger partial charge in [-0.1, -0.05) is 18.2 Å². The predicted molar refractivity (Wildman–Crippen MR) is 76.9 cm³/mol. The number of alkyl halides is 3. The van der Waals surface area contributed by atoms with E-state index in [1.165, 1.54) is 31.3 Å². The monoisotopic (exact) mass is 343 g/mol. The maximum atomic E-state index is 13.5. The van der Waals surface area contributed by atoms with Crippen LogP contribution < -0.4 is 10.9 Å². The third-order valence-corrected chi connectivity index (χ3v) is 3.23. The maximum absolute atomic E-state index is 13.5. The first-order valence-electron chi connectivity index (χ1n) is 6.76. The van der Waals surface area contributed by atoms with Gasteiger partial charge in [0.1, 0.15) is 11.5 Å². The summed E-state index contributed by atoms with van der Waals surface area (Å²) in [6.07, 6.45) is -2.67. The number of carbonyl (C=O) groups is 2. The second-order valence-electron chi connectivity index (χ2n) is 4.93. The molecule has 5 nitrogen and oxygen atoms in total. The maximum Gasteiger partial charge on any atom is 0.418 e. The molecule has 0 fully saturated rings. The number of halogens is 4. The molecule has 0 spiro atoms. The third kappa shape index (κ3) is 3.73. The highest BCUT2D eigenvalue weighted by atomic mass is 19.4. The number of hydrazine groups is 1. The third-order valence-electron chi connectivity index (χ3n) is 3.23. The topological polar surface area (TPSA) is 61.4 Å². The molecule has 0 bridgehead atoms. The van der Waals surface area contributed by atoms with Crippen LogP contribution in [0.25, 0.3) is 0 Å². The van der Waals surface area contributed by atoms with Gasteiger partial charge in [0.15, 0.2) is 0 Å². The van der Waals surface area contributed by atoms with E-state index >= 15 is 0 Å². The van der Waals surface area contributed by atoms with Crippen molar-refractivity contribution in [1.82, 2.24) is 15.8 Å².